The molecule has 2 aromatic carbocycles. The molecule has 158 valence electrons. The predicted molar refractivity (Wildman–Crippen MR) is 124 cm³/mol. The molecule has 0 bridgehead atoms. The lowest BCUT2D eigenvalue weighted by atomic mass is 10.2. The average molecular weight is 465 g/mol. The highest BCUT2D eigenvalue weighted by Crippen LogP contribution is 2.30. The number of benzene rings is 2. The van der Waals surface area contributed by atoms with Crippen molar-refractivity contribution in [3.8, 4) is 11.4 Å². The molecule has 1 heterocycles. The van der Waals surface area contributed by atoms with E-state index < -0.39 is 0 Å². The Balaban J connectivity index is 1.44. The smallest absolute Gasteiger partial charge is 0.230 e. The zero-order valence-corrected chi connectivity index (χ0v) is 18.7. The largest absolute Gasteiger partial charge is 0.375 e. The standard InChI is InChI=1S/C20H22Cl2N6OS/c1-27(15-6-3-2-4-7-15)11-5-10-24-18(29)13-30-20-26-25-19(28(20)23)16-9-8-14(21)12-17(16)22/h2-4,6-9,12H,5,10-11,13,23H2,1H3,(H,24,29). The third-order valence-electron chi connectivity index (χ3n) is 4.36. The van der Waals surface area contributed by atoms with Crippen LogP contribution in [-0.4, -0.2) is 46.7 Å². The SMILES string of the molecule is CN(CCCNC(=O)CSc1nnc(-c2ccc(Cl)cc2Cl)n1N)c1ccccc1. The van der Waals surface area contributed by atoms with Crippen LogP contribution >= 0.6 is 35.0 Å². The van der Waals surface area contributed by atoms with E-state index in [1.165, 1.54) is 16.4 Å². The number of nitrogens with one attached hydrogen (secondary N) is 1. The first kappa shape index (κ1) is 22.3. The minimum Gasteiger partial charge on any atom is -0.375 e. The molecule has 3 N–H and O–H groups in total. The number of nitrogens with two attached hydrogens (primary N) is 1. The maximum absolute atomic E-state index is 12.1. The molecule has 0 radical (unpaired) electrons. The van der Waals surface area contributed by atoms with Crippen LogP contribution in [0, 0.1) is 0 Å². The second-order valence-electron chi connectivity index (χ2n) is 6.55. The van der Waals surface area contributed by atoms with Gasteiger partial charge in [0.1, 0.15) is 0 Å². The molecule has 1 aromatic heterocycles. The van der Waals surface area contributed by atoms with Crippen LogP contribution in [0.25, 0.3) is 11.4 Å². The number of nitrogen functional groups attached to an aromatic ring is 1. The minimum atomic E-state index is -0.0866. The van der Waals surface area contributed by atoms with Gasteiger partial charge < -0.3 is 16.1 Å². The molecule has 7 nitrogen and oxygen atoms in total. The number of carbonyl (C=O) groups excluding carboxylic acids is 1. The van der Waals surface area contributed by atoms with Gasteiger partial charge in [0.05, 0.1) is 10.8 Å². The van der Waals surface area contributed by atoms with Crippen molar-refractivity contribution in [2.75, 3.05) is 36.6 Å². The van der Waals surface area contributed by atoms with Gasteiger partial charge in [0.15, 0.2) is 5.82 Å². The molecule has 0 aliphatic carbocycles. The van der Waals surface area contributed by atoms with Crippen LogP contribution in [0.2, 0.25) is 10.0 Å². The number of hydrogen-bond acceptors (Lipinski definition) is 6. The van der Waals surface area contributed by atoms with Crippen molar-refractivity contribution < 1.29 is 4.79 Å². The lowest BCUT2D eigenvalue weighted by Gasteiger charge is -2.19. The number of carbonyl (C=O) groups is 1. The molecule has 0 atom stereocenters. The van der Waals surface area contributed by atoms with Crippen molar-refractivity contribution in [3.05, 3.63) is 58.6 Å². The summed E-state index contributed by atoms with van der Waals surface area (Å²) < 4.78 is 1.32. The van der Waals surface area contributed by atoms with E-state index in [9.17, 15) is 4.79 Å². The fourth-order valence-corrected chi connectivity index (χ4v) is 3.95. The van der Waals surface area contributed by atoms with Gasteiger partial charge in [0.25, 0.3) is 0 Å². The number of halogens is 2. The number of thioether (sulfide) groups is 1. The summed E-state index contributed by atoms with van der Waals surface area (Å²) in [6.07, 6.45) is 0.841. The molecule has 0 saturated carbocycles. The van der Waals surface area contributed by atoms with Crippen LogP contribution in [0.4, 0.5) is 5.69 Å². The highest BCUT2D eigenvalue weighted by Gasteiger charge is 2.16. The highest BCUT2D eigenvalue weighted by molar-refractivity contribution is 7.99. The van der Waals surface area contributed by atoms with Crippen molar-refractivity contribution in [3.63, 3.8) is 0 Å². The molecule has 0 unspecified atom stereocenters. The van der Waals surface area contributed by atoms with E-state index in [1.807, 2.05) is 25.2 Å². The Bertz CT molecular complexity index is 998. The van der Waals surface area contributed by atoms with E-state index >= 15 is 0 Å². The molecule has 3 rings (SSSR count). The van der Waals surface area contributed by atoms with Gasteiger partial charge in [0.2, 0.25) is 11.1 Å². The third-order valence-corrected chi connectivity index (χ3v) is 5.85. The Morgan fingerprint density at radius 2 is 1.97 bits per heavy atom. The summed E-state index contributed by atoms with van der Waals surface area (Å²) in [6.45, 7) is 1.44. The summed E-state index contributed by atoms with van der Waals surface area (Å²) in [7, 11) is 2.03. The predicted octanol–water partition coefficient (Wildman–Crippen LogP) is 3.70. The van der Waals surface area contributed by atoms with Crippen LogP contribution in [0.5, 0.6) is 0 Å². The van der Waals surface area contributed by atoms with Gasteiger partial charge in [-0.1, -0.05) is 53.2 Å². The number of para-hydroxylation sites is 1. The lowest BCUT2D eigenvalue weighted by Crippen LogP contribution is -2.29. The Morgan fingerprint density at radius 1 is 1.20 bits per heavy atom. The number of hydrogen-bond donors (Lipinski definition) is 2. The van der Waals surface area contributed by atoms with Crippen molar-refractivity contribution in [2.45, 2.75) is 11.6 Å². The second-order valence-corrected chi connectivity index (χ2v) is 8.34. The number of nitrogens with zero attached hydrogens (tertiary/aromatic N) is 4. The third kappa shape index (κ3) is 5.81. The molecule has 0 aliphatic rings. The van der Waals surface area contributed by atoms with Crippen molar-refractivity contribution in [2.24, 2.45) is 0 Å². The Labute approximate surface area is 189 Å². The van der Waals surface area contributed by atoms with E-state index in [0.717, 1.165) is 18.7 Å². The topological polar surface area (TPSA) is 89.1 Å². The van der Waals surface area contributed by atoms with Crippen molar-refractivity contribution >= 4 is 46.6 Å². The molecule has 10 heteroatoms. The number of rotatable bonds is 9. The number of amides is 1. The molecule has 0 aliphatic heterocycles. The molecule has 0 spiro atoms. The zero-order valence-electron chi connectivity index (χ0n) is 16.4. The van der Waals surface area contributed by atoms with Crippen LogP contribution in [-0.2, 0) is 4.79 Å². The first-order valence-electron chi connectivity index (χ1n) is 9.27. The maximum atomic E-state index is 12.1. The maximum Gasteiger partial charge on any atom is 0.230 e. The molecular formula is C20H22Cl2N6OS. The van der Waals surface area contributed by atoms with Crippen LogP contribution in [0.3, 0.4) is 0 Å². The van der Waals surface area contributed by atoms with E-state index in [4.69, 9.17) is 29.0 Å². The summed E-state index contributed by atoms with van der Waals surface area (Å²) in [5, 5.41) is 12.4. The van der Waals surface area contributed by atoms with Gasteiger partial charge in [-0.2, -0.15) is 0 Å². The summed E-state index contributed by atoms with van der Waals surface area (Å²) >= 11 is 13.3. The Kier molecular flexibility index (Phi) is 7.84. The normalized spacial score (nSPS) is 10.8. The minimum absolute atomic E-state index is 0.0866. The molecule has 0 saturated heterocycles. The van der Waals surface area contributed by atoms with Gasteiger partial charge >= 0.3 is 0 Å². The quantitative estimate of drug-likeness (QED) is 0.285. The molecule has 1 amide bonds. The Hall–Kier alpha value is -2.42. The Morgan fingerprint density at radius 3 is 2.70 bits per heavy atom. The van der Waals surface area contributed by atoms with Gasteiger partial charge in [-0.05, 0) is 36.8 Å². The summed E-state index contributed by atoms with van der Waals surface area (Å²) in [5.74, 6) is 6.59. The van der Waals surface area contributed by atoms with Gasteiger partial charge in [0, 0.05) is 36.4 Å². The van der Waals surface area contributed by atoms with Crippen LogP contribution < -0.4 is 16.1 Å². The van der Waals surface area contributed by atoms with Gasteiger partial charge in [-0.3, -0.25) is 4.79 Å². The van der Waals surface area contributed by atoms with Crippen molar-refractivity contribution in [1.29, 1.82) is 0 Å². The summed E-state index contributed by atoms with van der Waals surface area (Å²) in [6, 6.07) is 15.2. The molecule has 30 heavy (non-hydrogen) atoms. The first-order chi connectivity index (χ1) is 14.5. The summed E-state index contributed by atoms with van der Waals surface area (Å²) in [5.41, 5.74) is 1.77. The highest BCUT2D eigenvalue weighted by atomic mass is 35.5. The fourth-order valence-electron chi connectivity index (χ4n) is 2.77. The summed E-state index contributed by atoms with van der Waals surface area (Å²) in [4.78, 5) is 14.3. The second kappa shape index (κ2) is 10.6. The fraction of sp³-hybridized carbons (Fsp3) is 0.250. The van der Waals surface area contributed by atoms with E-state index in [-0.39, 0.29) is 11.7 Å². The zero-order chi connectivity index (χ0) is 21.5. The van der Waals surface area contributed by atoms with Gasteiger partial charge in [-0.25, -0.2) is 4.68 Å². The monoisotopic (exact) mass is 464 g/mol. The average Bonchev–Trinajstić information content (AvgIpc) is 3.10. The van der Waals surface area contributed by atoms with Crippen molar-refractivity contribution in [1.82, 2.24) is 20.2 Å². The lowest BCUT2D eigenvalue weighted by molar-refractivity contribution is -0.118. The number of aromatic nitrogens is 3. The first-order valence-corrected chi connectivity index (χ1v) is 11.0. The van der Waals surface area contributed by atoms with Gasteiger partial charge in [-0.15, -0.1) is 10.2 Å². The number of anilines is 1. The molecule has 3 aromatic rings. The molecule has 0 fully saturated rings. The van der Waals surface area contributed by atoms with E-state index in [0.29, 0.717) is 33.1 Å². The van der Waals surface area contributed by atoms with E-state index in [2.05, 4.69) is 32.5 Å². The van der Waals surface area contributed by atoms with E-state index in [1.54, 1.807) is 18.2 Å². The van der Waals surface area contributed by atoms with Crippen LogP contribution in [0.15, 0.2) is 53.7 Å². The van der Waals surface area contributed by atoms with Crippen LogP contribution in [0.1, 0.15) is 6.42 Å². The molecular weight excluding hydrogens is 443 g/mol.